The molecule has 21 heavy (non-hydrogen) atoms. The van der Waals surface area contributed by atoms with Crippen molar-refractivity contribution in [3.8, 4) is 0 Å². The Morgan fingerprint density at radius 3 is 2.67 bits per heavy atom. The highest BCUT2D eigenvalue weighted by Gasteiger charge is 2.27. The molecule has 0 radical (unpaired) electrons. The van der Waals surface area contributed by atoms with Gasteiger partial charge in [-0.05, 0) is 49.5 Å². The molecule has 0 heterocycles. The lowest BCUT2D eigenvalue weighted by Crippen LogP contribution is -2.49. The molecule has 4 atom stereocenters. The molecule has 0 aromatic heterocycles. The largest absolute Gasteiger partial charge is 0.352 e. The first-order valence-corrected chi connectivity index (χ1v) is 8.16. The van der Waals surface area contributed by atoms with Crippen LogP contribution < -0.4 is 11.1 Å². The first-order valence-electron chi connectivity index (χ1n) is 8.16. The van der Waals surface area contributed by atoms with Crippen LogP contribution >= 0.6 is 0 Å². The molecule has 1 aliphatic carbocycles. The molecule has 0 bridgehead atoms. The van der Waals surface area contributed by atoms with Crippen LogP contribution in [0.25, 0.3) is 0 Å². The average molecular weight is 288 g/mol. The van der Waals surface area contributed by atoms with Crippen molar-refractivity contribution in [2.24, 2.45) is 17.6 Å². The molecule has 0 saturated heterocycles. The zero-order valence-corrected chi connectivity index (χ0v) is 13.2. The monoisotopic (exact) mass is 288 g/mol. The molecule has 116 valence electrons. The van der Waals surface area contributed by atoms with Crippen LogP contribution in [0.15, 0.2) is 30.3 Å². The molecule has 1 saturated carbocycles. The number of nitrogens with one attached hydrogen (secondary N) is 1. The van der Waals surface area contributed by atoms with Crippen LogP contribution in [0.2, 0.25) is 0 Å². The van der Waals surface area contributed by atoms with E-state index in [4.69, 9.17) is 5.73 Å². The maximum Gasteiger partial charge on any atom is 0.237 e. The highest BCUT2D eigenvalue weighted by Crippen LogP contribution is 2.28. The van der Waals surface area contributed by atoms with Crippen LogP contribution in [0.5, 0.6) is 0 Å². The van der Waals surface area contributed by atoms with Gasteiger partial charge < -0.3 is 11.1 Å². The van der Waals surface area contributed by atoms with Crippen LogP contribution in [0, 0.1) is 11.8 Å². The molecule has 0 aliphatic heterocycles. The number of hydrogen-bond acceptors (Lipinski definition) is 2. The fraction of sp³-hybridized carbons (Fsp3) is 0.611. The van der Waals surface area contributed by atoms with E-state index in [9.17, 15) is 4.79 Å². The van der Waals surface area contributed by atoms with Gasteiger partial charge in [0.15, 0.2) is 0 Å². The van der Waals surface area contributed by atoms with E-state index in [2.05, 4.69) is 31.3 Å². The Labute approximate surface area is 128 Å². The first-order chi connectivity index (χ1) is 10.1. The Hall–Kier alpha value is -1.35. The number of carbonyl (C=O) groups is 1. The summed E-state index contributed by atoms with van der Waals surface area (Å²) >= 11 is 0. The number of amides is 1. The van der Waals surface area contributed by atoms with Crippen LogP contribution in [0.3, 0.4) is 0 Å². The minimum atomic E-state index is -0.406. The van der Waals surface area contributed by atoms with Crippen molar-refractivity contribution in [3.05, 3.63) is 35.9 Å². The predicted molar refractivity (Wildman–Crippen MR) is 86.8 cm³/mol. The standard InChI is InChI=1S/C18H28N2O/c1-13-8-11-17(14(2)12-13)20-18(21)16(19)10-9-15-6-4-3-5-7-15/h3-7,13-14,16-17H,8-12,19H2,1-2H3,(H,20,21)/t13?,14?,16-,17?/m0/s1. The summed E-state index contributed by atoms with van der Waals surface area (Å²) in [5.74, 6) is 1.34. The molecule has 0 spiro atoms. The molecule has 3 nitrogen and oxygen atoms in total. The molecule has 1 aliphatic rings. The van der Waals surface area contributed by atoms with Gasteiger partial charge in [-0.25, -0.2) is 0 Å². The lowest BCUT2D eigenvalue weighted by atomic mass is 9.80. The summed E-state index contributed by atoms with van der Waals surface area (Å²) in [6, 6.07) is 10.1. The number of hydrogen-bond donors (Lipinski definition) is 2. The van der Waals surface area contributed by atoms with Gasteiger partial charge in [-0.2, -0.15) is 0 Å². The molecule has 3 N–H and O–H groups in total. The van der Waals surface area contributed by atoms with Crippen molar-refractivity contribution in [2.45, 2.75) is 58.0 Å². The van der Waals surface area contributed by atoms with E-state index >= 15 is 0 Å². The number of aryl methyl sites for hydroxylation is 1. The summed E-state index contributed by atoms with van der Waals surface area (Å²) in [6.45, 7) is 4.52. The summed E-state index contributed by atoms with van der Waals surface area (Å²) < 4.78 is 0. The molecule has 1 fully saturated rings. The summed E-state index contributed by atoms with van der Waals surface area (Å²) in [5.41, 5.74) is 7.28. The molecule has 2 rings (SSSR count). The quantitative estimate of drug-likeness (QED) is 0.875. The fourth-order valence-corrected chi connectivity index (χ4v) is 3.27. The topological polar surface area (TPSA) is 55.1 Å². The third-order valence-electron chi connectivity index (χ3n) is 4.68. The van der Waals surface area contributed by atoms with Gasteiger partial charge in [-0.1, -0.05) is 44.2 Å². The molecular weight excluding hydrogens is 260 g/mol. The van der Waals surface area contributed by atoms with E-state index in [1.807, 2.05) is 18.2 Å². The fourth-order valence-electron chi connectivity index (χ4n) is 3.27. The smallest absolute Gasteiger partial charge is 0.237 e. The highest BCUT2D eigenvalue weighted by molar-refractivity contribution is 5.81. The predicted octanol–water partition coefficient (Wildman–Crippen LogP) is 2.89. The summed E-state index contributed by atoms with van der Waals surface area (Å²) in [7, 11) is 0. The van der Waals surface area contributed by atoms with Gasteiger partial charge in [-0.3, -0.25) is 4.79 Å². The van der Waals surface area contributed by atoms with Crippen LogP contribution in [0.1, 0.15) is 45.1 Å². The van der Waals surface area contributed by atoms with E-state index in [0.717, 1.165) is 18.8 Å². The van der Waals surface area contributed by atoms with Crippen molar-refractivity contribution < 1.29 is 4.79 Å². The Morgan fingerprint density at radius 1 is 1.29 bits per heavy atom. The normalized spacial score (nSPS) is 27.1. The van der Waals surface area contributed by atoms with Crippen LogP contribution in [0.4, 0.5) is 0 Å². The molecule has 3 heteroatoms. The van der Waals surface area contributed by atoms with Crippen molar-refractivity contribution in [3.63, 3.8) is 0 Å². The van der Waals surface area contributed by atoms with E-state index in [-0.39, 0.29) is 5.91 Å². The van der Waals surface area contributed by atoms with Gasteiger partial charge in [0.25, 0.3) is 0 Å². The average Bonchev–Trinajstić information content (AvgIpc) is 2.48. The van der Waals surface area contributed by atoms with Gasteiger partial charge in [0.1, 0.15) is 0 Å². The Morgan fingerprint density at radius 2 is 2.00 bits per heavy atom. The number of carbonyl (C=O) groups excluding carboxylic acids is 1. The molecular formula is C18H28N2O. The third kappa shape index (κ3) is 4.85. The van der Waals surface area contributed by atoms with E-state index in [1.165, 1.54) is 18.4 Å². The SMILES string of the molecule is CC1CCC(NC(=O)[C@@H](N)CCc2ccccc2)C(C)C1. The maximum absolute atomic E-state index is 12.2. The van der Waals surface area contributed by atoms with Gasteiger partial charge >= 0.3 is 0 Å². The Kier molecular flexibility index (Phi) is 5.80. The van der Waals surface area contributed by atoms with Crippen molar-refractivity contribution in [1.29, 1.82) is 0 Å². The zero-order chi connectivity index (χ0) is 15.2. The van der Waals surface area contributed by atoms with Crippen LogP contribution in [-0.2, 0) is 11.2 Å². The summed E-state index contributed by atoms with van der Waals surface area (Å²) in [4.78, 5) is 12.2. The lowest BCUT2D eigenvalue weighted by molar-refractivity contribution is -0.123. The second kappa shape index (κ2) is 7.60. The first kappa shape index (κ1) is 16.0. The Balaban J connectivity index is 1.77. The van der Waals surface area contributed by atoms with Crippen molar-refractivity contribution in [2.75, 3.05) is 0 Å². The zero-order valence-electron chi connectivity index (χ0n) is 13.2. The minimum absolute atomic E-state index is 0.0114. The second-order valence-electron chi connectivity index (χ2n) is 6.64. The number of rotatable bonds is 5. The van der Waals surface area contributed by atoms with Gasteiger partial charge in [-0.15, -0.1) is 0 Å². The van der Waals surface area contributed by atoms with Crippen LogP contribution in [-0.4, -0.2) is 18.0 Å². The van der Waals surface area contributed by atoms with Gasteiger partial charge in [0.05, 0.1) is 6.04 Å². The van der Waals surface area contributed by atoms with E-state index in [0.29, 0.717) is 18.4 Å². The molecule has 3 unspecified atom stereocenters. The highest BCUT2D eigenvalue weighted by atomic mass is 16.2. The summed E-state index contributed by atoms with van der Waals surface area (Å²) in [6.07, 6.45) is 5.04. The van der Waals surface area contributed by atoms with Crippen molar-refractivity contribution >= 4 is 5.91 Å². The Bertz CT molecular complexity index is 446. The van der Waals surface area contributed by atoms with E-state index < -0.39 is 6.04 Å². The van der Waals surface area contributed by atoms with Crippen molar-refractivity contribution in [1.82, 2.24) is 5.32 Å². The molecule has 1 aromatic rings. The molecule has 1 aromatic carbocycles. The summed E-state index contributed by atoms with van der Waals surface area (Å²) in [5, 5.41) is 3.16. The third-order valence-corrected chi connectivity index (χ3v) is 4.68. The number of nitrogens with two attached hydrogens (primary N) is 1. The maximum atomic E-state index is 12.2. The molecule has 1 amide bonds. The van der Waals surface area contributed by atoms with E-state index in [1.54, 1.807) is 0 Å². The minimum Gasteiger partial charge on any atom is -0.352 e. The van der Waals surface area contributed by atoms with Gasteiger partial charge in [0, 0.05) is 6.04 Å². The second-order valence-corrected chi connectivity index (χ2v) is 6.64. The number of benzene rings is 1. The lowest BCUT2D eigenvalue weighted by Gasteiger charge is -2.33. The van der Waals surface area contributed by atoms with Gasteiger partial charge in [0.2, 0.25) is 5.91 Å².